The maximum absolute atomic E-state index is 11.1. The lowest BCUT2D eigenvalue weighted by atomic mass is 10.0. The van der Waals surface area contributed by atoms with Crippen LogP contribution in [0.2, 0.25) is 0 Å². The van der Waals surface area contributed by atoms with Gasteiger partial charge in [0.25, 0.3) is 0 Å². The van der Waals surface area contributed by atoms with Gasteiger partial charge in [0.1, 0.15) is 5.82 Å². The van der Waals surface area contributed by atoms with Gasteiger partial charge in [0.05, 0.1) is 11.2 Å². The van der Waals surface area contributed by atoms with Crippen LogP contribution in [0.5, 0.6) is 0 Å². The molecule has 0 spiro atoms. The molecule has 1 aromatic heterocycles. The maximum atomic E-state index is 11.1. The molecule has 3 aromatic rings. The maximum Gasteiger partial charge on any atom is 0.248 e. The van der Waals surface area contributed by atoms with Crippen molar-refractivity contribution in [2.75, 3.05) is 0 Å². The lowest BCUT2D eigenvalue weighted by molar-refractivity contribution is 0.100. The summed E-state index contributed by atoms with van der Waals surface area (Å²) in [4.78, 5) is 20.1. The molecule has 0 saturated heterocycles. The van der Waals surface area contributed by atoms with Gasteiger partial charge in [-0.2, -0.15) is 0 Å². The van der Waals surface area contributed by atoms with Crippen LogP contribution in [0.25, 0.3) is 22.2 Å². The van der Waals surface area contributed by atoms with E-state index in [9.17, 15) is 4.79 Å². The van der Waals surface area contributed by atoms with Gasteiger partial charge in [0.2, 0.25) is 5.91 Å². The topological polar surface area (TPSA) is 68.9 Å². The van der Waals surface area contributed by atoms with Crippen LogP contribution in [0, 0.1) is 6.92 Å². The van der Waals surface area contributed by atoms with Crippen LogP contribution in [0.4, 0.5) is 0 Å². The Hall–Kier alpha value is -2.75. The Morgan fingerprint density at radius 1 is 1.00 bits per heavy atom. The molecule has 2 aromatic carbocycles. The van der Waals surface area contributed by atoms with Crippen LogP contribution in [0.3, 0.4) is 0 Å². The van der Waals surface area contributed by atoms with Gasteiger partial charge in [-0.3, -0.25) is 4.79 Å². The zero-order chi connectivity index (χ0) is 14.1. The van der Waals surface area contributed by atoms with E-state index < -0.39 is 5.91 Å². The number of aromatic nitrogens is 2. The third kappa shape index (κ3) is 2.12. The van der Waals surface area contributed by atoms with Gasteiger partial charge in [-0.1, -0.05) is 30.3 Å². The smallest absolute Gasteiger partial charge is 0.248 e. The van der Waals surface area contributed by atoms with Gasteiger partial charge in [0.15, 0.2) is 0 Å². The van der Waals surface area contributed by atoms with Gasteiger partial charge < -0.3 is 5.73 Å². The number of primary amides is 1. The normalized spacial score (nSPS) is 10.7. The lowest BCUT2D eigenvalue weighted by Crippen LogP contribution is -2.10. The monoisotopic (exact) mass is 263 g/mol. The van der Waals surface area contributed by atoms with Crippen molar-refractivity contribution in [1.29, 1.82) is 0 Å². The second kappa shape index (κ2) is 4.74. The third-order valence-corrected chi connectivity index (χ3v) is 3.16. The molecular weight excluding hydrogens is 250 g/mol. The lowest BCUT2D eigenvalue weighted by Gasteiger charge is -2.07. The second-order valence-corrected chi connectivity index (χ2v) is 4.58. The highest BCUT2D eigenvalue weighted by Gasteiger charge is 2.08. The second-order valence-electron chi connectivity index (χ2n) is 4.58. The van der Waals surface area contributed by atoms with Crippen LogP contribution in [-0.4, -0.2) is 15.9 Å². The van der Waals surface area contributed by atoms with Crippen molar-refractivity contribution in [3.05, 3.63) is 59.9 Å². The summed E-state index contributed by atoms with van der Waals surface area (Å²) < 4.78 is 0. The number of benzene rings is 2. The first-order chi connectivity index (χ1) is 9.65. The molecule has 1 amide bonds. The summed E-state index contributed by atoms with van der Waals surface area (Å²) in [5.74, 6) is 0.290. The van der Waals surface area contributed by atoms with E-state index in [1.807, 2.05) is 43.3 Å². The summed E-state index contributed by atoms with van der Waals surface area (Å²) in [6, 6.07) is 15.0. The number of carbonyl (C=O) groups excluding carboxylic acids is 1. The molecule has 98 valence electrons. The van der Waals surface area contributed by atoms with Crippen molar-refractivity contribution in [3.8, 4) is 11.3 Å². The number of fused-ring (bicyclic) bond motifs is 1. The van der Waals surface area contributed by atoms with E-state index in [1.165, 1.54) is 0 Å². The number of nitrogens with zero attached hydrogens (tertiary/aromatic N) is 2. The molecule has 0 saturated carbocycles. The summed E-state index contributed by atoms with van der Waals surface area (Å²) in [6.45, 7) is 1.87. The van der Waals surface area contributed by atoms with E-state index in [4.69, 9.17) is 5.73 Å². The van der Waals surface area contributed by atoms with Crippen molar-refractivity contribution >= 4 is 16.8 Å². The van der Waals surface area contributed by atoms with E-state index >= 15 is 0 Å². The van der Waals surface area contributed by atoms with Crippen LogP contribution in [0.15, 0.2) is 48.5 Å². The molecular formula is C16H13N3O. The quantitative estimate of drug-likeness (QED) is 0.772. The molecule has 1 heterocycles. The van der Waals surface area contributed by atoms with Crippen molar-refractivity contribution in [3.63, 3.8) is 0 Å². The number of nitrogens with two attached hydrogens (primary N) is 1. The number of carbonyl (C=O) groups is 1. The molecule has 4 heteroatoms. The number of amides is 1. The number of para-hydroxylation sites is 1. The molecule has 0 radical (unpaired) electrons. The van der Waals surface area contributed by atoms with Crippen molar-refractivity contribution in [1.82, 2.24) is 9.97 Å². The number of aryl methyl sites for hydroxylation is 1. The SMILES string of the molecule is Cc1nc(-c2ccc(C(N)=O)cc2)c2ccccc2n1. The van der Waals surface area contributed by atoms with E-state index in [-0.39, 0.29) is 0 Å². The predicted molar refractivity (Wildman–Crippen MR) is 78.2 cm³/mol. The first-order valence-corrected chi connectivity index (χ1v) is 6.29. The van der Waals surface area contributed by atoms with Gasteiger partial charge in [0, 0.05) is 16.5 Å². The average molecular weight is 263 g/mol. The summed E-state index contributed by atoms with van der Waals surface area (Å²) in [5, 5.41) is 0.991. The molecule has 0 aliphatic carbocycles. The van der Waals surface area contributed by atoms with Crippen LogP contribution in [0.1, 0.15) is 16.2 Å². The summed E-state index contributed by atoms with van der Waals surface area (Å²) in [7, 11) is 0. The van der Waals surface area contributed by atoms with E-state index in [1.54, 1.807) is 12.1 Å². The standard InChI is InChI=1S/C16H13N3O/c1-10-18-14-5-3-2-4-13(14)15(19-10)11-6-8-12(9-7-11)16(17)20/h2-9H,1H3,(H2,17,20). The zero-order valence-electron chi connectivity index (χ0n) is 11.0. The molecule has 0 unspecified atom stereocenters. The molecule has 4 nitrogen and oxygen atoms in total. The van der Waals surface area contributed by atoms with E-state index in [2.05, 4.69) is 9.97 Å². The summed E-state index contributed by atoms with van der Waals surface area (Å²) >= 11 is 0. The third-order valence-electron chi connectivity index (χ3n) is 3.16. The van der Waals surface area contributed by atoms with Gasteiger partial charge >= 0.3 is 0 Å². The molecule has 0 fully saturated rings. The van der Waals surface area contributed by atoms with Gasteiger partial charge in [-0.25, -0.2) is 9.97 Å². The van der Waals surface area contributed by atoms with E-state index in [0.29, 0.717) is 5.56 Å². The number of rotatable bonds is 2. The Labute approximate surface area is 116 Å². The van der Waals surface area contributed by atoms with Crippen LogP contribution in [-0.2, 0) is 0 Å². The Bertz CT molecular complexity index is 794. The molecule has 2 N–H and O–H groups in total. The fourth-order valence-electron chi connectivity index (χ4n) is 2.21. The molecule has 0 atom stereocenters. The molecule has 0 bridgehead atoms. The van der Waals surface area contributed by atoms with Gasteiger partial charge in [-0.05, 0) is 25.1 Å². The fourth-order valence-corrected chi connectivity index (χ4v) is 2.21. The minimum absolute atomic E-state index is 0.430. The molecule has 20 heavy (non-hydrogen) atoms. The number of hydrogen-bond acceptors (Lipinski definition) is 3. The number of hydrogen-bond donors (Lipinski definition) is 1. The average Bonchev–Trinajstić information content (AvgIpc) is 2.46. The largest absolute Gasteiger partial charge is 0.366 e. The first kappa shape index (κ1) is 12.3. The van der Waals surface area contributed by atoms with Crippen LogP contribution >= 0.6 is 0 Å². The Kier molecular flexibility index (Phi) is 2.91. The molecule has 0 aliphatic heterocycles. The molecule has 0 aliphatic rings. The highest BCUT2D eigenvalue weighted by Crippen LogP contribution is 2.26. The van der Waals surface area contributed by atoms with Crippen molar-refractivity contribution < 1.29 is 4.79 Å². The minimum Gasteiger partial charge on any atom is -0.366 e. The predicted octanol–water partition coefficient (Wildman–Crippen LogP) is 2.70. The first-order valence-electron chi connectivity index (χ1n) is 6.29. The van der Waals surface area contributed by atoms with Gasteiger partial charge in [-0.15, -0.1) is 0 Å². The van der Waals surface area contributed by atoms with Crippen molar-refractivity contribution in [2.45, 2.75) is 6.92 Å². The minimum atomic E-state index is -0.430. The fraction of sp³-hybridized carbons (Fsp3) is 0.0625. The highest BCUT2D eigenvalue weighted by atomic mass is 16.1. The van der Waals surface area contributed by atoms with E-state index in [0.717, 1.165) is 28.0 Å². The zero-order valence-corrected chi connectivity index (χ0v) is 11.0. The Balaban J connectivity index is 2.20. The Morgan fingerprint density at radius 2 is 1.70 bits per heavy atom. The van der Waals surface area contributed by atoms with Crippen LogP contribution < -0.4 is 5.73 Å². The van der Waals surface area contributed by atoms with Crippen molar-refractivity contribution in [2.24, 2.45) is 5.73 Å². The highest BCUT2D eigenvalue weighted by molar-refractivity contribution is 5.95. The summed E-state index contributed by atoms with van der Waals surface area (Å²) in [6.07, 6.45) is 0. The Morgan fingerprint density at radius 3 is 2.40 bits per heavy atom. The summed E-state index contributed by atoms with van der Waals surface area (Å²) in [5.41, 5.74) is 8.46. The molecule has 3 rings (SSSR count).